The first-order valence-corrected chi connectivity index (χ1v) is 9.72. The van der Waals surface area contributed by atoms with E-state index in [9.17, 15) is 0 Å². The van der Waals surface area contributed by atoms with Crippen LogP contribution in [-0.2, 0) is 0 Å². The summed E-state index contributed by atoms with van der Waals surface area (Å²) in [6, 6.07) is 0. The van der Waals surface area contributed by atoms with Crippen molar-refractivity contribution in [1.29, 1.82) is 0 Å². The number of unbranched alkanes of at least 4 members (excludes halogenated alkanes) is 3. The molecule has 0 nitrogen and oxygen atoms in total. The van der Waals surface area contributed by atoms with Crippen LogP contribution in [0.4, 0.5) is 0 Å². The standard InChI is InChI=1S/C14H30ClP/c1-5-8-11-14(16(4)15,12-9-6-2)13-10-7-3/h5-13H2,1-4H3. The Morgan fingerprint density at radius 2 is 1.12 bits per heavy atom. The van der Waals surface area contributed by atoms with Gasteiger partial charge in [-0.05, 0) is 33.2 Å². The maximum Gasteiger partial charge on any atom is 0.00412 e. The van der Waals surface area contributed by atoms with Crippen LogP contribution in [0.5, 0.6) is 0 Å². The van der Waals surface area contributed by atoms with Crippen molar-refractivity contribution in [3.05, 3.63) is 0 Å². The molecule has 0 aliphatic heterocycles. The maximum absolute atomic E-state index is 6.57. The summed E-state index contributed by atoms with van der Waals surface area (Å²) in [5.41, 5.74) is 0. The van der Waals surface area contributed by atoms with E-state index in [1.54, 1.807) is 0 Å². The lowest BCUT2D eigenvalue weighted by Gasteiger charge is -2.37. The first-order valence-electron chi connectivity index (χ1n) is 7.02. The van der Waals surface area contributed by atoms with Gasteiger partial charge in [-0.2, -0.15) is 0 Å². The van der Waals surface area contributed by atoms with Gasteiger partial charge in [-0.15, -0.1) is 0 Å². The Hall–Kier alpha value is 0.720. The van der Waals surface area contributed by atoms with Crippen molar-refractivity contribution in [1.82, 2.24) is 0 Å². The molecule has 0 amide bonds. The van der Waals surface area contributed by atoms with Gasteiger partial charge in [-0.3, -0.25) is 0 Å². The minimum absolute atomic E-state index is 0.311. The van der Waals surface area contributed by atoms with E-state index in [4.69, 9.17) is 11.2 Å². The lowest BCUT2D eigenvalue weighted by molar-refractivity contribution is 0.420. The normalized spacial score (nSPS) is 14.1. The van der Waals surface area contributed by atoms with Gasteiger partial charge in [0.1, 0.15) is 0 Å². The second-order valence-electron chi connectivity index (χ2n) is 5.01. The quantitative estimate of drug-likeness (QED) is 0.392. The summed E-state index contributed by atoms with van der Waals surface area (Å²) in [5.74, 6) is 0. The van der Waals surface area contributed by atoms with Gasteiger partial charge in [0.25, 0.3) is 0 Å². The zero-order valence-corrected chi connectivity index (χ0v) is 13.3. The molecule has 0 N–H and O–H groups in total. The van der Waals surface area contributed by atoms with Crippen molar-refractivity contribution >= 4 is 18.5 Å². The van der Waals surface area contributed by atoms with Gasteiger partial charge in [0.15, 0.2) is 0 Å². The summed E-state index contributed by atoms with van der Waals surface area (Å²) < 4.78 is 0. The van der Waals surface area contributed by atoms with Crippen LogP contribution < -0.4 is 0 Å². The summed E-state index contributed by atoms with van der Waals surface area (Å²) in [7, 11) is -0.311. The molecule has 0 aromatic heterocycles. The topological polar surface area (TPSA) is 0 Å². The molecule has 1 atom stereocenters. The number of hydrogen-bond acceptors (Lipinski definition) is 0. The summed E-state index contributed by atoms with van der Waals surface area (Å²) >= 11 is 6.57. The minimum atomic E-state index is -0.311. The fraction of sp³-hybridized carbons (Fsp3) is 1.00. The predicted molar refractivity (Wildman–Crippen MR) is 80.0 cm³/mol. The van der Waals surface area contributed by atoms with E-state index in [1.165, 1.54) is 57.8 Å². The van der Waals surface area contributed by atoms with Crippen molar-refractivity contribution in [2.75, 3.05) is 6.66 Å². The Kier molecular flexibility index (Phi) is 10.2. The molecule has 0 fully saturated rings. The Bertz CT molecular complexity index is 135. The van der Waals surface area contributed by atoms with Crippen molar-refractivity contribution in [2.24, 2.45) is 0 Å². The molecule has 98 valence electrons. The van der Waals surface area contributed by atoms with Crippen LogP contribution in [-0.4, -0.2) is 11.8 Å². The van der Waals surface area contributed by atoms with Gasteiger partial charge in [0, 0.05) is 5.16 Å². The van der Waals surface area contributed by atoms with Crippen molar-refractivity contribution in [3.63, 3.8) is 0 Å². The molecule has 2 heteroatoms. The number of hydrogen-bond donors (Lipinski definition) is 0. The lowest BCUT2D eigenvalue weighted by Crippen LogP contribution is -2.25. The van der Waals surface area contributed by atoms with Gasteiger partial charge in [0.2, 0.25) is 0 Å². The van der Waals surface area contributed by atoms with Crippen LogP contribution in [0.2, 0.25) is 0 Å². The zero-order valence-electron chi connectivity index (χ0n) is 11.7. The molecule has 0 aliphatic rings. The third-order valence-electron chi connectivity index (χ3n) is 3.64. The summed E-state index contributed by atoms with van der Waals surface area (Å²) in [4.78, 5) is 0. The van der Waals surface area contributed by atoms with Gasteiger partial charge in [-0.25, -0.2) is 0 Å². The largest absolute Gasteiger partial charge is 0.0961 e. The Morgan fingerprint density at radius 3 is 1.31 bits per heavy atom. The average Bonchev–Trinajstić information content (AvgIpc) is 2.28. The SMILES string of the molecule is CCCCC(CCCC)(CCCC)P(C)Cl. The van der Waals surface area contributed by atoms with Gasteiger partial charge >= 0.3 is 0 Å². The molecule has 0 aliphatic carbocycles. The monoisotopic (exact) mass is 264 g/mol. The molecular formula is C14H30ClP. The highest BCUT2D eigenvalue weighted by Gasteiger charge is 2.33. The van der Waals surface area contributed by atoms with Crippen LogP contribution in [0.1, 0.15) is 78.6 Å². The van der Waals surface area contributed by atoms with Crippen molar-refractivity contribution in [3.8, 4) is 0 Å². The van der Waals surface area contributed by atoms with Crippen molar-refractivity contribution in [2.45, 2.75) is 83.7 Å². The molecule has 0 heterocycles. The van der Waals surface area contributed by atoms with E-state index < -0.39 is 0 Å². The smallest absolute Gasteiger partial charge is 0.00412 e. The predicted octanol–water partition coefficient (Wildman–Crippen LogP) is 6.56. The van der Waals surface area contributed by atoms with Gasteiger partial charge in [-0.1, -0.05) is 70.5 Å². The maximum atomic E-state index is 6.57. The van der Waals surface area contributed by atoms with Crippen LogP contribution in [0, 0.1) is 0 Å². The second-order valence-corrected chi connectivity index (χ2v) is 8.44. The molecule has 1 unspecified atom stereocenters. The van der Waals surface area contributed by atoms with Gasteiger partial charge < -0.3 is 0 Å². The van der Waals surface area contributed by atoms with Crippen LogP contribution in [0.3, 0.4) is 0 Å². The van der Waals surface area contributed by atoms with Crippen LogP contribution in [0.15, 0.2) is 0 Å². The first kappa shape index (κ1) is 16.7. The van der Waals surface area contributed by atoms with Crippen molar-refractivity contribution < 1.29 is 0 Å². The molecular weight excluding hydrogens is 235 g/mol. The molecule has 16 heavy (non-hydrogen) atoms. The summed E-state index contributed by atoms with van der Waals surface area (Å²) in [6.45, 7) is 9.14. The summed E-state index contributed by atoms with van der Waals surface area (Å²) in [6.07, 6.45) is 12.0. The molecule has 0 bridgehead atoms. The minimum Gasteiger partial charge on any atom is -0.0961 e. The molecule has 0 radical (unpaired) electrons. The Morgan fingerprint density at radius 1 is 0.812 bits per heavy atom. The number of halogens is 1. The molecule has 0 saturated heterocycles. The van der Waals surface area contributed by atoms with E-state index >= 15 is 0 Å². The second kappa shape index (κ2) is 9.72. The van der Waals surface area contributed by atoms with E-state index in [2.05, 4.69) is 27.4 Å². The highest BCUT2D eigenvalue weighted by Crippen LogP contribution is 2.58. The summed E-state index contributed by atoms with van der Waals surface area (Å²) in [5, 5.41) is 0.485. The Labute approximate surface area is 109 Å². The zero-order chi connectivity index (χ0) is 12.4. The molecule has 0 aromatic carbocycles. The van der Waals surface area contributed by atoms with E-state index in [1.807, 2.05) is 0 Å². The highest BCUT2D eigenvalue weighted by atomic mass is 35.7. The third-order valence-corrected chi connectivity index (χ3v) is 6.69. The highest BCUT2D eigenvalue weighted by molar-refractivity contribution is 7.84. The van der Waals surface area contributed by atoms with Gasteiger partial charge in [0.05, 0.1) is 0 Å². The fourth-order valence-electron chi connectivity index (χ4n) is 2.35. The van der Waals surface area contributed by atoms with Crippen LogP contribution >= 0.6 is 18.5 Å². The van der Waals surface area contributed by atoms with E-state index in [0.29, 0.717) is 5.16 Å². The molecule has 0 saturated carbocycles. The number of rotatable bonds is 10. The fourth-order valence-corrected chi connectivity index (χ4v) is 4.51. The third kappa shape index (κ3) is 5.87. The molecule has 0 spiro atoms. The molecule has 0 rings (SSSR count). The Balaban J connectivity index is 4.46. The first-order chi connectivity index (χ1) is 7.63. The average molecular weight is 265 g/mol. The lowest BCUT2D eigenvalue weighted by atomic mass is 9.90. The van der Waals surface area contributed by atoms with Crippen LogP contribution in [0.25, 0.3) is 0 Å². The van der Waals surface area contributed by atoms with E-state index in [0.717, 1.165) is 0 Å². The molecule has 0 aromatic rings. The van der Waals surface area contributed by atoms with E-state index in [-0.39, 0.29) is 7.27 Å².